The standard InChI is InChI=1S/C24H30BrN3.C16H25NO.C8H9BrN2O.C8H10ClN.C8H15ClO/c1-7-8-13-24(5,6)23-27-26-22(19-11-10-17(3)20(25)15-19)28(23)21-12-9-16(2)14-18(21)4;1-6-7-10-16(4,5)15(18)17-14-9-8-12(2)11-13(14)3;1-5-2-3-6(4-7(5)9)8(12)11-10;1-6-3-4-8(10-9)7(2)5-6;1-4-5-6-8(2,3)7(9)10/h9-12,14-15H,7-8,13H2,1-6H3;8-9,11H,6-7,10H2,1-5H3,(H,17,18);2-4H,10H2,1H3,(H,11,12);3-5,10H,1-2H3;4-6H2,1-3H3. The van der Waals surface area contributed by atoms with Crippen LogP contribution in [0.3, 0.4) is 0 Å². The molecule has 1 heterocycles. The summed E-state index contributed by atoms with van der Waals surface area (Å²) in [7, 11) is 0. The van der Waals surface area contributed by atoms with Crippen LogP contribution < -0.4 is 21.4 Å². The molecule has 10 nitrogen and oxygen atoms in total. The molecule has 0 aliphatic carbocycles. The highest BCUT2D eigenvalue weighted by Crippen LogP contribution is 2.36. The van der Waals surface area contributed by atoms with E-state index in [0.717, 1.165) is 99.3 Å². The number of aromatic nitrogens is 3. The Morgan fingerprint density at radius 2 is 1.05 bits per heavy atom. The third kappa shape index (κ3) is 22.0. The zero-order valence-electron chi connectivity index (χ0n) is 49.7. The van der Waals surface area contributed by atoms with Gasteiger partial charge >= 0.3 is 0 Å². The minimum absolute atomic E-state index is 0.0550. The predicted octanol–water partition coefficient (Wildman–Crippen LogP) is 18.7. The number of carbonyl (C=O) groups is 3. The van der Waals surface area contributed by atoms with Crippen LogP contribution in [0.2, 0.25) is 0 Å². The molecule has 0 unspecified atom stereocenters. The van der Waals surface area contributed by atoms with E-state index in [-0.39, 0.29) is 33.3 Å². The molecule has 0 fully saturated rings. The van der Waals surface area contributed by atoms with Crippen LogP contribution in [0.4, 0.5) is 11.4 Å². The summed E-state index contributed by atoms with van der Waals surface area (Å²) in [5, 5.41) is 12.2. The highest BCUT2D eigenvalue weighted by molar-refractivity contribution is 9.10. The van der Waals surface area contributed by atoms with Crippen molar-refractivity contribution in [1.82, 2.24) is 20.2 Å². The Bertz CT molecular complexity index is 2900. The van der Waals surface area contributed by atoms with E-state index in [0.29, 0.717) is 5.56 Å². The molecule has 0 aliphatic heterocycles. The lowest BCUT2D eigenvalue weighted by Crippen LogP contribution is -2.30. The van der Waals surface area contributed by atoms with Gasteiger partial charge in [-0.05, 0) is 150 Å². The largest absolute Gasteiger partial charge is 0.325 e. The first-order valence-corrected chi connectivity index (χ1v) is 29.4. The van der Waals surface area contributed by atoms with Crippen LogP contribution in [0, 0.1) is 66.2 Å². The fraction of sp³-hybridized carbons (Fsp3) is 0.453. The van der Waals surface area contributed by atoms with Gasteiger partial charge in [-0.3, -0.25) is 29.2 Å². The normalized spacial score (nSPS) is 11.1. The van der Waals surface area contributed by atoms with E-state index in [1.165, 1.54) is 46.2 Å². The Morgan fingerprint density at radius 1 is 0.577 bits per heavy atom. The van der Waals surface area contributed by atoms with Crippen LogP contribution in [-0.2, 0) is 15.0 Å². The molecule has 0 saturated heterocycles. The first-order chi connectivity index (χ1) is 36.5. The third-order valence-electron chi connectivity index (χ3n) is 13.6. The van der Waals surface area contributed by atoms with E-state index < -0.39 is 0 Å². The highest BCUT2D eigenvalue weighted by atomic mass is 79.9. The average Bonchev–Trinajstić information content (AvgIpc) is 3.84. The van der Waals surface area contributed by atoms with Gasteiger partial charge in [0.2, 0.25) is 11.1 Å². The molecule has 0 aliphatic rings. The Labute approximate surface area is 495 Å². The van der Waals surface area contributed by atoms with Gasteiger partial charge in [0.15, 0.2) is 5.82 Å². The first kappa shape index (κ1) is 69.3. The lowest BCUT2D eigenvalue weighted by molar-refractivity contribution is -0.124. The van der Waals surface area contributed by atoms with Crippen LogP contribution >= 0.6 is 55.2 Å². The minimum atomic E-state index is -0.322. The number of benzene rings is 5. The highest BCUT2D eigenvalue weighted by Gasteiger charge is 2.30. The van der Waals surface area contributed by atoms with Crippen LogP contribution in [-0.4, -0.2) is 31.8 Å². The maximum absolute atomic E-state index is 12.3. The molecule has 1 aromatic heterocycles. The average molecular weight is 1240 g/mol. The quantitative estimate of drug-likeness (QED) is 0.0234. The summed E-state index contributed by atoms with van der Waals surface area (Å²) in [6.07, 6.45) is 9.68. The molecule has 78 heavy (non-hydrogen) atoms. The molecule has 0 saturated carbocycles. The van der Waals surface area contributed by atoms with Crippen molar-refractivity contribution < 1.29 is 14.4 Å². The van der Waals surface area contributed by atoms with Crippen molar-refractivity contribution in [2.75, 3.05) is 10.2 Å². The monoisotopic (exact) mass is 1230 g/mol. The predicted molar refractivity (Wildman–Crippen MR) is 339 cm³/mol. The number of hydrogen-bond donors (Lipinski definition) is 4. The number of nitrogens with two attached hydrogens (primary N) is 1. The Morgan fingerprint density at radius 3 is 1.51 bits per heavy atom. The van der Waals surface area contributed by atoms with Gasteiger partial charge in [0.25, 0.3) is 5.91 Å². The van der Waals surface area contributed by atoms with Gasteiger partial charge in [-0.1, -0.05) is 204 Å². The van der Waals surface area contributed by atoms with Crippen molar-refractivity contribution in [2.24, 2.45) is 16.7 Å². The van der Waals surface area contributed by atoms with Crippen molar-refractivity contribution in [3.05, 3.63) is 156 Å². The number of aryl methyl sites for hydroxylation is 8. The molecular formula is C64H89Br2Cl2N7O3. The van der Waals surface area contributed by atoms with Crippen LogP contribution in [0.15, 0.2) is 99.9 Å². The second kappa shape index (κ2) is 33.0. The number of amides is 2. The van der Waals surface area contributed by atoms with Gasteiger partial charge in [0, 0.05) is 53.8 Å². The van der Waals surface area contributed by atoms with E-state index >= 15 is 0 Å². The van der Waals surface area contributed by atoms with Crippen molar-refractivity contribution in [3.63, 3.8) is 0 Å². The number of nitrogen functional groups attached to an aromatic ring is 1. The van der Waals surface area contributed by atoms with E-state index in [1.807, 2.05) is 78.8 Å². The number of anilines is 2. The molecule has 14 heteroatoms. The van der Waals surface area contributed by atoms with Gasteiger partial charge in [-0.25, -0.2) is 5.84 Å². The number of rotatable bonds is 17. The van der Waals surface area contributed by atoms with Gasteiger partial charge < -0.3 is 5.32 Å². The van der Waals surface area contributed by atoms with Crippen LogP contribution in [0.25, 0.3) is 17.1 Å². The minimum Gasteiger partial charge on any atom is -0.325 e. The fourth-order valence-corrected chi connectivity index (χ4v) is 9.15. The molecule has 0 spiro atoms. The number of carbonyl (C=O) groups excluding carboxylic acids is 3. The molecule has 0 bridgehead atoms. The number of halogens is 4. The van der Waals surface area contributed by atoms with E-state index in [9.17, 15) is 14.4 Å². The summed E-state index contributed by atoms with van der Waals surface area (Å²) >= 11 is 17.8. The van der Waals surface area contributed by atoms with E-state index in [2.05, 4.69) is 175 Å². The summed E-state index contributed by atoms with van der Waals surface area (Å²) < 4.78 is 4.26. The number of nitrogens with one attached hydrogen (secondary N) is 3. The van der Waals surface area contributed by atoms with Crippen LogP contribution in [0.1, 0.15) is 181 Å². The maximum Gasteiger partial charge on any atom is 0.265 e. The first-order valence-electron chi connectivity index (χ1n) is 27.1. The molecule has 5 aromatic carbocycles. The Hall–Kier alpha value is -4.85. The van der Waals surface area contributed by atoms with Gasteiger partial charge in [-0.2, -0.15) is 0 Å². The zero-order chi connectivity index (χ0) is 59.1. The van der Waals surface area contributed by atoms with Crippen molar-refractivity contribution in [3.8, 4) is 17.1 Å². The molecule has 6 aromatic rings. The number of nitrogens with zero attached hydrogens (tertiary/aromatic N) is 3. The molecule has 6 rings (SSSR count). The summed E-state index contributed by atoms with van der Waals surface area (Å²) in [6, 6.07) is 30.5. The number of hydrazine groups is 1. The van der Waals surface area contributed by atoms with E-state index in [4.69, 9.17) is 34.3 Å². The molecule has 5 N–H and O–H groups in total. The van der Waals surface area contributed by atoms with Crippen LogP contribution in [0.5, 0.6) is 0 Å². The summed E-state index contributed by atoms with van der Waals surface area (Å²) in [4.78, 5) is 36.6. The fourth-order valence-electron chi connectivity index (χ4n) is 8.09. The smallest absolute Gasteiger partial charge is 0.265 e. The second-order valence-corrected chi connectivity index (χ2v) is 24.5. The number of unbranched alkanes of at least 4 members (excludes halogenated alkanes) is 3. The summed E-state index contributed by atoms with van der Waals surface area (Å²) in [5.41, 5.74) is 15.6. The van der Waals surface area contributed by atoms with Crippen molar-refractivity contribution in [1.29, 1.82) is 0 Å². The summed E-state index contributed by atoms with van der Waals surface area (Å²) in [5.74, 6) is 6.73. The van der Waals surface area contributed by atoms with E-state index in [1.54, 1.807) is 12.1 Å². The lowest BCUT2D eigenvalue weighted by atomic mass is 9.86. The van der Waals surface area contributed by atoms with Gasteiger partial charge in [0.05, 0.1) is 11.4 Å². The Balaban J connectivity index is 0.000000358. The molecule has 0 atom stereocenters. The van der Waals surface area contributed by atoms with Gasteiger partial charge in [0.1, 0.15) is 5.82 Å². The van der Waals surface area contributed by atoms with Crippen molar-refractivity contribution in [2.45, 2.75) is 181 Å². The molecule has 426 valence electrons. The second-order valence-electron chi connectivity index (χ2n) is 22.3. The Kier molecular flexibility index (Phi) is 29.3. The SMILES string of the molecule is CCCCC(C)(C)C(=O)Cl.CCCCC(C)(C)C(=O)Nc1ccc(C)cc1C.CCCCC(C)(C)c1nnc(-c2ccc(C)c(Br)c2)n1-c1ccc(C)cc1C.Cc1ccc(C(=O)NN)cc1Br.Cc1ccc(NCl)c(C)c1. The van der Waals surface area contributed by atoms with Gasteiger partial charge in [-0.15, -0.1) is 10.2 Å². The molecule has 2 amide bonds. The topological polar surface area (TPSA) is 144 Å². The van der Waals surface area contributed by atoms with Crippen molar-refractivity contribution >= 4 is 83.7 Å². The molecular weight excluding hydrogens is 1150 g/mol. The zero-order valence-corrected chi connectivity index (χ0v) is 54.4. The lowest BCUT2D eigenvalue weighted by Gasteiger charge is -2.25. The number of hydrogen-bond acceptors (Lipinski definition) is 7. The maximum atomic E-state index is 12.3. The molecule has 0 radical (unpaired) electrons. The summed E-state index contributed by atoms with van der Waals surface area (Å²) in [6.45, 7) is 35.4. The third-order valence-corrected chi connectivity index (χ3v) is 16.0.